The summed E-state index contributed by atoms with van der Waals surface area (Å²) in [5, 5.41) is 29.8. The van der Waals surface area contributed by atoms with Crippen LogP contribution in [-0.4, -0.2) is 136 Å². The Balaban J connectivity index is 0.00000948. The minimum atomic E-state index is -0.285. The molecule has 0 saturated carbocycles. The number of amides is 3. The van der Waals surface area contributed by atoms with E-state index in [0.29, 0.717) is 36.3 Å². The van der Waals surface area contributed by atoms with Gasteiger partial charge in [-0.15, -0.1) is 0 Å². The van der Waals surface area contributed by atoms with Crippen LogP contribution < -0.4 is 65.1 Å². The van der Waals surface area contributed by atoms with E-state index < -0.39 is 0 Å². The predicted molar refractivity (Wildman–Crippen MR) is 272 cm³/mol. The number of nitrogens with two attached hydrogens (primary N) is 3. The van der Waals surface area contributed by atoms with Gasteiger partial charge in [-0.1, -0.05) is 26.7 Å². The van der Waals surface area contributed by atoms with E-state index in [1.54, 1.807) is 18.2 Å². The van der Waals surface area contributed by atoms with Crippen molar-refractivity contribution in [1.29, 1.82) is 0 Å². The molecule has 0 aromatic heterocycles. The van der Waals surface area contributed by atoms with Gasteiger partial charge in [0.1, 0.15) is 0 Å². The van der Waals surface area contributed by atoms with Crippen molar-refractivity contribution in [1.82, 2.24) is 47.9 Å². The molecule has 0 aliphatic rings. The topological polar surface area (TPSA) is 238 Å². The summed E-state index contributed by atoms with van der Waals surface area (Å²) < 4.78 is 0. The zero-order chi connectivity index (χ0) is 46.8. The van der Waals surface area contributed by atoms with E-state index in [1.807, 2.05) is 0 Å². The Morgan fingerprint density at radius 2 is 0.484 bits per heavy atom. The quantitative estimate of drug-likeness (QED) is 0.0415. The lowest BCUT2D eigenvalue weighted by Gasteiger charge is -2.12. The Morgan fingerprint density at radius 3 is 0.656 bits per heavy atom. The lowest BCUT2D eigenvalue weighted by molar-refractivity contribution is 0.0952. The van der Waals surface area contributed by atoms with Gasteiger partial charge in [0.05, 0.1) is 0 Å². The first-order valence-electron chi connectivity index (χ1n) is 25.8. The minimum Gasteiger partial charge on any atom is -0.352 e. The van der Waals surface area contributed by atoms with E-state index in [9.17, 15) is 14.4 Å². The molecule has 0 fully saturated rings. The maximum Gasteiger partial charge on any atom is 0.251 e. The second-order valence-corrected chi connectivity index (χ2v) is 16.8. The second-order valence-electron chi connectivity index (χ2n) is 16.8. The molecule has 1 aromatic carbocycles. The average molecular weight is 905 g/mol. The number of carbonyl (C=O) groups excluding carboxylic acids is 3. The van der Waals surface area contributed by atoms with Crippen molar-refractivity contribution in [2.45, 2.75) is 142 Å². The summed E-state index contributed by atoms with van der Waals surface area (Å²) >= 11 is 0. The zero-order valence-electron chi connectivity index (χ0n) is 41.1. The largest absolute Gasteiger partial charge is 0.352 e. The van der Waals surface area contributed by atoms with Gasteiger partial charge in [-0.25, -0.2) is 0 Å². The summed E-state index contributed by atoms with van der Waals surface area (Å²) in [5.74, 6) is -0.854. The number of nitrogens with one attached hydrogen (secondary N) is 9. The molecule has 64 heavy (non-hydrogen) atoms. The molecule has 0 bridgehead atoms. The van der Waals surface area contributed by atoms with Crippen molar-refractivity contribution in [2.24, 2.45) is 17.2 Å². The maximum absolute atomic E-state index is 13.3. The van der Waals surface area contributed by atoms with Crippen molar-refractivity contribution < 1.29 is 14.4 Å². The van der Waals surface area contributed by atoms with Crippen LogP contribution >= 0.6 is 0 Å². The van der Waals surface area contributed by atoms with Crippen molar-refractivity contribution in [3.63, 3.8) is 0 Å². The molecule has 15 nitrogen and oxygen atoms in total. The third-order valence-electron chi connectivity index (χ3n) is 10.7. The van der Waals surface area contributed by atoms with E-state index in [-0.39, 0.29) is 17.7 Å². The zero-order valence-corrected chi connectivity index (χ0v) is 41.1. The molecule has 15 N–H and O–H groups in total. The third kappa shape index (κ3) is 40.8. The molecule has 0 heterocycles. The number of rotatable bonds is 46. The summed E-state index contributed by atoms with van der Waals surface area (Å²) in [6, 6.07) is 4.77. The van der Waals surface area contributed by atoms with Gasteiger partial charge in [0.2, 0.25) is 0 Å². The lowest BCUT2D eigenvalue weighted by Crippen LogP contribution is -2.30. The number of carbonyl (C=O) groups is 3. The highest BCUT2D eigenvalue weighted by atomic mass is 16.2. The molecule has 1 rings (SSSR count). The van der Waals surface area contributed by atoms with E-state index >= 15 is 0 Å². The predicted octanol–water partition coefficient (Wildman–Crippen LogP) is 4.12. The Kier molecular flexibility index (Phi) is 47.6. The van der Waals surface area contributed by atoms with Crippen molar-refractivity contribution in [3.05, 3.63) is 34.9 Å². The van der Waals surface area contributed by atoms with Crippen molar-refractivity contribution in [3.8, 4) is 0 Å². The summed E-state index contributed by atoms with van der Waals surface area (Å²) in [5.41, 5.74) is 17.6. The van der Waals surface area contributed by atoms with E-state index in [4.69, 9.17) is 17.2 Å². The fraction of sp³-hybridized carbons (Fsp3) is 0.816. The molecular formula is C49H100N12O3. The van der Waals surface area contributed by atoms with Crippen LogP contribution in [0.5, 0.6) is 0 Å². The average Bonchev–Trinajstić information content (AvgIpc) is 3.31. The van der Waals surface area contributed by atoms with E-state index in [2.05, 4.69) is 61.7 Å². The molecule has 0 atom stereocenters. The van der Waals surface area contributed by atoms with E-state index in [0.717, 1.165) is 214 Å². The fourth-order valence-electron chi connectivity index (χ4n) is 6.49. The standard InChI is InChI=1S/C45H90N12O3.C4H10/c46-19-1-4-22-49-25-7-10-28-52-31-13-16-34-55-43(58)40-37-41(44(59)56-35-17-14-32-53-29-11-8-26-50-23-5-2-20-47)39-42(38-40)45(60)57-36-18-15-33-54-30-12-9-27-51-24-6-3-21-48;1-3-4-2/h37-39,49-54H,1-36,46-48H2,(H,55,58)(H,56,59)(H,57,60);3-4H2,1-2H3. The van der Waals surface area contributed by atoms with Gasteiger partial charge in [-0.3, -0.25) is 14.4 Å². The van der Waals surface area contributed by atoms with Gasteiger partial charge in [0, 0.05) is 36.3 Å². The van der Waals surface area contributed by atoms with E-state index in [1.165, 1.54) is 12.8 Å². The summed E-state index contributed by atoms with van der Waals surface area (Å²) in [7, 11) is 0. The van der Waals surface area contributed by atoms with Crippen LogP contribution in [0.1, 0.15) is 173 Å². The molecule has 0 aliphatic heterocycles. The van der Waals surface area contributed by atoms with Crippen LogP contribution in [0.15, 0.2) is 18.2 Å². The highest BCUT2D eigenvalue weighted by molar-refractivity contribution is 6.04. The van der Waals surface area contributed by atoms with Crippen LogP contribution in [0.3, 0.4) is 0 Å². The third-order valence-corrected chi connectivity index (χ3v) is 10.7. The number of unbranched alkanes of at least 4 members (excludes halogenated alkanes) is 10. The highest BCUT2D eigenvalue weighted by Gasteiger charge is 2.16. The Bertz CT molecular complexity index is 1040. The van der Waals surface area contributed by atoms with Crippen LogP contribution in [0.25, 0.3) is 0 Å². The maximum atomic E-state index is 13.3. The molecule has 15 heteroatoms. The first-order chi connectivity index (χ1) is 31.4. The van der Waals surface area contributed by atoms with Gasteiger partial charge < -0.3 is 65.1 Å². The first-order valence-corrected chi connectivity index (χ1v) is 25.8. The normalized spacial score (nSPS) is 11.0. The first kappa shape index (κ1) is 61.3. The SMILES string of the molecule is CCCC.NCCCCNCCCCNCCCCNC(=O)c1cc(C(=O)NCCCCNCCCCNCCCCN)cc(C(=O)NCCCCNCCCCNCCCCN)c1. The Morgan fingerprint density at radius 1 is 0.312 bits per heavy atom. The molecular weight excluding hydrogens is 805 g/mol. The Labute approximate surface area is 391 Å². The van der Waals surface area contributed by atoms with Gasteiger partial charge >= 0.3 is 0 Å². The van der Waals surface area contributed by atoms with Gasteiger partial charge in [-0.05, 0) is 232 Å². The number of hydrogen-bond acceptors (Lipinski definition) is 12. The molecule has 0 spiro atoms. The van der Waals surface area contributed by atoms with Crippen LogP contribution in [0, 0.1) is 0 Å². The molecule has 0 aliphatic carbocycles. The molecule has 0 unspecified atom stereocenters. The van der Waals surface area contributed by atoms with Crippen molar-refractivity contribution in [2.75, 3.05) is 118 Å². The molecule has 3 amide bonds. The van der Waals surface area contributed by atoms with Crippen LogP contribution in [-0.2, 0) is 0 Å². The van der Waals surface area contributed by atoms with Gasteiger partial charge in [0.15, 0.2) is 0 Å². The minimum absolute atomic E-state index is 0.285. The smallest absolute Gasteiger partial charge is 0.251 e. The second kappa shape index (κ2) is 49.7. The molecule has 0 saturated heterocycles. The lowest BCUT2D eigenvalue weighted by atomic mass is 10.0. The number of hydrogen-bond donors (Lipinski definition) is 12. The molecule has 1 aromatic rings. The van der Waals surface area contributed by atoms with Crippen LogP contribution in [0.4, 0.5) is 0 Å². The summed E-state index contributed by atoms with van der Waals surface area (Å²) in [4.78, 5) is 39.8. The van der Waals surface area contributed by atoms with Gasteiger partial charge in [-0.2, -0.15) is 0 Å². The Hall–Kier alpha value is -2.73. The molecule has 0 radical (unpaired) electrons. The molecule has 374 valence electrons. The summed E-state index contributed by atoms with van der Waals surface area (Å²) in [6.07, 6.45) is 21.4. The summed E-state index contributed by atoms with van der Waals surface area (Å²) in [6.45, 7) is 20.0. The van der Waals surface area contributed by atoms with Gasteiger partial charge in [0.25, 0.3) is 17.7 Å². The number of benzene rings is 1. The van der Waals surface area contributed by atoms with Crippen LogP contribution in [0.2, 0.25) is 0 Å². The fourth-order valence-corrected chi connectivity index (χ4v) is 6.49. The monoisotopic (exact) mass is 905 g/mol. The highest BCUT2D eigenvalue weighted by Crippen LogP contribution is 2.12. The van der Waals surface area contributed by atoms with Crippen molar-refractivity contribution >= 4 is 17.7 Å².